The van der Waals surface area contributed by atoms with Crippen LogP contribution in [0, 0.1) is 6.92 Å². The molecular weight excluding hydrogens is 230 g/mol. The second-order valence-corrected chi connectivity index (χ2v) is 5.71. The highest BCUT2D eigenvalue weighted by atomic mass is 32.1. The molecule has 1 rings (SSSR count). The summed E-state index contributed by atoms with van der Waals surface area (Å²) in [6, 6.07) is 0.979. The summed E-state index contributed by atoms with van der Waals surface area (Å²) < 4.78 is 0. The lowest BCUT2D eigenvalue weighted by molar-refractivity contribution is 0.514. The van der Waals surface area contributed by atoms with Crippen LogP contribution in [-0.4, -0.2) is 24.1 Å². The van der Waals surface area contributed by atoms with Crippen LogP contribution in [0.1, 0.15) is 50.4 Å². The third-order valence-corrected chi connectivity index (χ3v) is 3.76. The smallest absolute Gasteiger partial charge is 0.110 e. The average Bonchev–Trinajstić information content (AvgIpc) is 2.69. The third-order valence-electron chi connectivity index (χ3n) is 2.61. The number of thiazole rings is 1. The first-order valence-corrected chi connectivity index (χ1v) is 7.36. The quantitative estimate of drug-likeness (QED) is 0.701. The van der Waals surface area contributed by atoms with Crippen molar-refractivity contribution in [2.75, 3.05) is 13.1 Å². The van der Waals surface area contributed by atoms with E-state index in [9.17, 15) is 0 Å². The summed E-state index contributed by atoms with van der Waals surface area (Å²) >= 11 is 1.74. The summed E-state index contributed by atoms with van der Waals surface area (Å²) in [5.74, 6) is 0. The van der Waals surface area contributed by atoms with Crippen LogP contribution in [0.25, 0.3) is 0 Å². The van der Waals surface area contributed by atoms with Crippen molar-refractivity contribution in [1.29, 1.82) is 0 Å². The zero-order valence-electron chi connectivity index (χ0n) is 11.4. The van der Waals surface area contributed by atoms with Gasteiger partial charge in [-0.05, 0) is 39.8 Å². The van der Waals surface area contributed by atoms with Gasteiger partial charge in [0, 0.05) is 17.1 Å². The number of nitrogens with zero attached hydrogens (tertiary/aromatic N) is 1. The number of rotatable bonds is 8. The summed E-state index contributed by atoms with van der Waals surface area (Å²) in [6.07, 6.45) is 2.45. The van der Waals surface area contributed by atoms with Gasteiger partial charge < -0.3 is 10.6 Å². The number of hydrogen-bond donors (Lipinski definition) is 2. The molecule has 0 saturated heterocycles. The molecule has 98 valence electrons. The molecule has 2 N–H and O–H groups in total. The highest BCUT2D eigenvalue weighted by Crippen LogP contribution is 2.17. The fraction of sp³-hybridized carbons (Fsp3) is 0.769. The van der Waals surface area contributed by atoms with Crippen LogP contribution in [-0.2, 0) is 0 Å². The molecule has 0 fully saturated rings. The van der Waals surface area contributed by atoms with Gasteiger partial charge in [-0.15, -0.1) is 11.3 Å². The van der Waals surface area contributed by atoms with Crippen molar-refractivity contribution in [1.82, 2.24) is 15.6 Å². The first-order valence-electron chi connectivity index (χ1n) is 6.48. The summed E-state index contributed by atoms with van der Waals surface area (Å²) in [5, 5.41) is 10.3. The predicted octanol–water partition coefficient (Wildman–Crippen LogP) is 2.88. The summed E-state index contributed by atoms with van der Waals surface area (Å²) in [5.41, 5.74) is 1.12. The second-order valence-electron chi connectivity index (χ2n) is 4.82. The van der Waals surface area contributed by atoms with E-state index < -0.39 is 0 Å². The van der Waals surface area contributed by atoms with Gasteiger partial charge in [0.05, 0.1) is 6.04 Å². The first-order chi connectivity index (χ1) is 8.09. The molecule has 0 spiro atoms. The highest BCUT2D eigenvalue weighted by Gasteiger charge is 2.07. The van der Waals surface area contributed by atoms with Gasteiger partial charge in [-0.1, -0.05) is 13.8 Å². The standard InChI is InChI=1S/C13H25N3S/c1-10(2)14-7-5-6-8-15-12(4)13-16-11(3)9-17-13/h9-10,12,14-15H,5-8H2,1-4H3. The Bertz CT molecular complexity index is 309. The molecule has 1 unspecified atom stereocenters. The largest absolute Gasteiger partial charge is 0.315 e. The minimum atomic E-state index is 0.381. The van der Waals surface area contributed by atoms with Crippen molar-refractivity contribution in [3.05, 3.63) is 16.1 Å². The van der Waals surface area contributed by atoms with Gasteiger partial charge in [0.15, 0.2) is 0 Å². The van der Waals surface area contributed by atoms with E-state index in [0.29, 0.717) is 12.1 Å². The van der Waals surface area contributed by atoms with E-state index in [-0.39, 0.29) is 0 Å². The summed E-state index contributed by atoms with van der Waals surface area (Å²) in [4.78, 5) is 4.49. The van der Waals surface area contributed by atoms with E-state index in [1.807, 2.05) is 6.92 Å². The molecule has 0 radical (unpaired) electrons. The van der Waals surface area contributed by atoms with Gasteiger partial charge >= 0.3 is 0 Å². The Hall–Kier alpha value is -0.450. The molecule has 3 nitrogen and oxygen atoms in total. The molecule has 1 aromatic heterocycles. The van der Waals surface area contributed by atoms with Gasteiger partial charge in [-0.25, -0.2) is 4.98 Å². The van der Waals surface area contributed by atoms with Crippen molar-refractivity contribution in [3.63, 3.8) is 0 Å². The Labute approximate surface area is 109 Å². The Morgan fingerprint density at radius 2 is 1.82 bits per heavy atom. The van der Waals surface area contributed by atoms with E-state index in [2.05, 4.69) is 41.8 Å². The predicted molar refractivity (Wildman–Crippen MR) is 75.6 cm³/mol. The molecule has 0 aliphatic heterocycles. The Kier molecular flexibility index (Phi) is 6.70. The Morgan fingerprint density at radius 1 is 1.18 bits per heavy atom. The molecule has 0 aliphatic rings. The molecule has 17 heavy (non-hydrogen) atoms. The first kappa shape index (κ1) is 14.6. The molecule has 0 saturated carbocycles. The zero-order valence-corrected chi connectivity index (χ0v) is 12.2. The van der Waals surface area contributed by atoms with Gasteiger partial charge in [-0.3, -0.25) is 0 Å². The Morgan fingerprint density at radius 3 is 2.35 bits per heavy atom. The maximum absolute atomic E-state index is 4.49. The molecular formula is C13H25N3S. The molecule has 0 aromatic carbocycles. The SMILES string of the molecule is Cc1csc(C(C)NCCCCNC(C)C)n1. The molecule has 1 atom stereocenters. The average molecular weight is 255 g/mol. The third kappa shape index (κ3) is 6.15. The molecule has 0 aliphatic carbocycles. The van der Waals surface area contributed by atoms with E-state index in [0.717, 1.165) is 18.8 Å². The van der Waals surface area contributed by atoms with E-state index in [1.165, 1.54) is 17.8 Å². The minimum absolute atomic E-state index is 0.381. The van der Waals surface area contributed by atoms with Crippen LogP contribution < -0.4 is 10.6 Å². The van der Waals surface area contributed by atoms with E-state index in [4.69, 9.17) is 0 Å². The summed E-state index contributed by atoms with van der Waals surface area (Å²) in [6.45, 7) is 10.8. The topological polar surface area (TPSA) is 37.0 Å². The highest BCUT2D eigenvalue weighted by molar-refractivity contribution is 7.09. The van der Waals surface area contributed by atoms with Crippen molar-refractivity contribution in [2.24, 2.45) is 0 Å². The van der Waals surface area contributed by atoms with Crippen LogP contribution in [0.3, 0.4) is 0 Å². The monoisotopic (exact) mass is 255 g/mol. The maximum atomic E-state index is 4.49. The van der Waals surface area contributed by atoms with Crippen LogP contribution in [0.4, 0.5) is 0 Å². The van der Waals surface area contributed by atoms with E-state index >= 15 is 0 Å². The van der Waals surface area contributed by atoms with E-state index in [1.54, 1.807) is 11.3 Å². The fourth-order valence-corrected chi connectivity index (χ4v) is 2.45. The summed E-state index contributed by atoms with van der Waals surface area (Å²) in [7, 11) is 0. The van der Waals surface area contributed by atoms with Crippen molar-refractivity contribution in [2.45, 2.75) is 52.6 Å². The van der Waals surface area contributed by atoms with Crippen LogP contribution in [0.5, 0.6) is 0 Å². The van der Waals surface area contributed by atoms with Gasteiger partial charge in [-0.2, -0.15) is 0 Å². The lowest BCUT2D eigenvalue weighted by Crippen LogP contribution is -2.25. The number of unbranched alkanes of at least 4 members (excludes halogenated alkanes) is 1. The lowest BCUT2D eigenvalue weighted by atomic mass is 10.2. The van der Waals surface area contributed by atoms with Gasteiger partial charge in [0.1, 0.15) is 5.01 Å². The molecule has 1 aromatic rings. The van der Waals surface area contributed by atoms with Crippen LogP contribution in [0.15, 0.2) is 5.38 Å². The van der Waals surface area contributed by atoms with Crippen molar-refractivity contribution < 1.29 is 0 Å². The number of nitrogens with one attached hydrogen (secondary N) is 2. The lowest BCUT2D eigenvalue weighted by Gasteiger charge is -2.11. The zero-order chi connectivity index (χ0) is 12.7. The van der Waals surface area contributed by atoms with Crippen LogP contribution in [0.2, 0.25) is 0 Å². The molecule has 1 heterocycles. The van der Waals surface area contributed by atoms with Crippen molar-refractivity contribution in [3.8, 4) is 0 Å². The normalized spacial score (nSPS) is 13.2. The number of aryl methyl sites for hydroxylation is 1. The maximum Gasteiger partial charge on any atom is 0.110 e. The second kappa shape index (κ2) is 7.80. The van der Waals surface area contributed by atoms with Crippen LogP contribution >= 0.6 is 11.3 Å². The molecule has 4 heteroatoms. The fourth-order valence-electron chi connectivity index (χ4n) is 1.62. The Balaban J connectivity index is 2.06. The number of aromatic nitrogens is 1. The molecule has 0 bridgehead atoms. The van der Waals surface area contributed by atoms with Crippen molar-refractivity contribution >= 4 is 11.3 Å². The van der Waals surface area contributed by atoms with Gasteiger partial charge in [0.2, 0.25) is 0 Å². The van der Waals surface area contributed by atoms with Gasteiger partial charge in [0.25, 0.3) is 0 Å². The molecule has 0 amide bonds. The number of hydrogen-bond acceptors (Lipinski definition) is 4. The minimum Gasteiger partial charge on any atom is -0.315 e.